The van der Waals surface area contributed by atoms with Crippen molar-refractivity contribution >= 4 is 27.4 Å². The summed E-state index contributed by atoms with van der Waals surface area (Å²) in [7, 11) is 0. The van der Waals surface area contributed by atoms with Crippen LogP contribution in [0.15, 0.2) is 10.9 Å². The maximum absolute atomic E-state index is 12.2. The number of hydrogen-bond donors (Lipinski definition) is 1. The van der Waals surface area contributed by atoms with Crippen molar-refractivity contribution in [3.63, 3.8) is 0 Å². The molecule has 2 atom stereocenters. The second-order valence-electron chi connectivity index (χ2n) is 6.85. The molecule has 0 bridgehead atoms. The highest BCUT2D eigenvalue weighted by Crippen LogP contribution is 2.50. The molecule has 1 aliphatic carbocycles. The Labute approximate surface area is 142 Å². The molecule has 0 spiro atoms. The molecule has 24 heavy (non-hydrogen) atoms. The highest BCUT2D eigenvalue weighted by Gasteiger charge is 2.55. The summed E-state index contributed by atoms with van der Waals surface area (Å²) in [6.07, 6.45) is 4.36. The molecule has 2 aromatic heterocycles. The summed E-state index contributed by atoms with van der Waals surface area (Å²) < 4.78 is 1.33. The van der Waals surface area contributed by atoms with E-state index in [0.717, 1.165) is 37.8 Å². The van der Waals surface area contributed by atoms with Gasteiger partial charge in [-0.1, -0.05) is 31.1 Å². The Hall–Kier alpha value is -1.96. The molecule has 1 aliphatic heterocycles. The molecule has 0 aromatic carbocycles. The third-order valence-corrected chi connectivity index (χ3v) is 6.33. The van der Waals surface area contributed by atoms with Crippen LogP contribution in [0.4, 0.5) is 5.13 Å². The van der Waals surface area contributed by atoms with Crippen molar-refractivity contribution < 1.29 is 9.90 Å². The average molecular weight is 348 g/mol. The van der Waals surface area contributed by atoms with E-state index in [1.165, 1.54) is 21.9 Å². The second-order valence-corrected chi connectivity index (χ2v) is 7.78. The maximum Gasteiger partial charge on any atom is 0.311 e. The molecule has 2 aliphatic rings. The van der Waals surface area contributed by atoms with E-state index < -0.39 is 11.4 Å². The number of aryl methyl sites for hydroxylation is 1. The van der Waals surface area contributed by atoms with E-state index >= 15 is 0 Å². The summed E-state index contributed by atoms with van der Waals surface area (Å²) in [5.74, 6) is -0.531. The predicted molar refractivity (Wildman–Crippen MR) is 90.8 cm³/mol. The Morgan fingerprint density at radius 2 is 2.38 bits per heavy atom. The van der Waals surface area contributed by atoms with Crippen LogP contribution in [-0.2, 0) is 11.2 Å². The van der Waals surface area contributed by atoms with E-state index in [1.807, 2.05) is 4.90 Å². The molecule has 7 nitrogen and oxygen atoms in total. The van der Waals surface area contributed by atoms with Gasteiger partial charge < -0.3 is 10.0 Å². The molecular formula is C16H20N4O3S. The summed E-state index contributed by atoms with van der Waals surface area (Å²) in [4.78, 5) is 31.2. The number of aromatic nitrogens is 3. The summed E-state index contributed by atoms with van der Waals surface area (Å²) in [6.45, 7) is 3.22. The first kappa shape index (κ1) is 15.6. The highest BCUT2D eigenvalue weighted by molar-refractivity contribution is 7.20. The molecule has 1 saturated heterocycles. The number of carboxylic acids is 1. The lowest BCUT2D eigenvalue weighted by Crippen LogP contribution is -2.35. The Kier molecular flexibility index (Phi) is 3.59. The van der Waals surface area contributed by atoms with Crippen molar-refractivity contribution in [1.29, 1.82) is 0 Å². The van der Waals surface area contributed by atoms with Gasteiger partial charge in [-0.25, -0.2) is 4.98 Å². The standard InChI is InChI=1S/C16H20N4O3S/c1-2-4-11-7-12(21)20-14(17-11)24-15(18-20)19-8-10-5-3-6-16(10,9-19)13(22)23/h7,10H,2-6,8-9H2,1H3,(H,22,23)/t10-,16+/m0/s1. The topological polar surface area (TPSA) is 87.8 Å². The van der Waals surface area contributed by atoms with Gasteiger partial charge in [-0.05, 0) is 25.2 Å². The van der Waals surface area contributed by atoms with Gasteiger partial charge in [-0.3, -0.25) is 9.59 Å². The Morgan fingerprint density at radius 1 is 1.54 bits per heavy atom. The van der Waals surface area contributed by atoms with Gasteiger partial charge in [-0.2, -0.15) is 4.52 Å². The van der Waals surface area contributed by atoms with Crippen LogP contribution >= 0.6 is 11.3 Å². The van der Waals surface area contributed by atoms with Crippen molar-refractivity contribution in [2.45, 2.75) is 39.0 Å². The fourth-order valence-electron chi connectivity index (χ4n) is 4.14. The molecule has 0 unspecified atom stereocenters. The van der Waals surface area contributed by atoms with Crippen LogP contribution in [0.2, 0.25) is 0 Å². The van der Waals surface area contributed by atoms with E-state index in [2.05, 4.69) is 17.0 Å². The van der Waals surface area contributed by atoms with Crippen LogP contribution in [0.25, 0.3) is 4.96 Å². The second kappa shape index (κ2) is 5.54. The Balaban J connectivity index is 1.69. The molecule has 8 heteroatoms. The normalized spacial score (nSPS) is 26.2. The van der Waals surface area contributed by atoms with Crippen LogP contribution in [0.1, 0.15) is 38.3 Å². The number of carbonyl (C=O) groups is 1. The number of anilines is 1. The van der Waals surface area contributed by atoms with E-state index in [1.54, 1.807) is 0 Å². The van der Waals surface area contributed by atoms with Crippen LogP contribution in [-0.4, -0.2) is 38.8 Å². The summed E-state index contributed by atoms with van der Waals surface area (Å²) in [6, 6.07) is 1.54. The molecule has 2 aromatic rings. The fraction of sp³-hybridized carbons (Fsp3) is 0.625. The third-order valence-electron chi connectivity index (χ3n) is 5.36. The van der Waals surface area contributed by atoms with Crippen molar-refractivity contribution in [3.8, 4) is 0 Å². The first-order valence-corrected chi connectivity index (χ1v) is 9.23. The zero-order chi connectivity index (χ0) is 16.9. The Bertz CT molecular complexity index is 861. The minimum absolute atomic E-state index is 0.168. The molecule has 0 radical (unpaired) electrons. The first-order valence-electron chi connectivity index (χ1n) is 8.41. The SMILES string of the molecule is CCCc1cc(=O)n2nc(N3C[C@@H]4CCC[C@@]4(C(=O)O)C3)sc2n1. The van der Waals surface area contributed by atoms with Crippen molar-refractivity contribution in [3.05, 3.63) is 22.1 Å². The minimum atomic E-state index is -0.700. The molecule has 1 N–H and O–H groups in total. The van der Waals surface area contributed by atoms with Crippen LogP contribution in [0, 0.1) is 11.3 Å². The maximum atomic E-state index is 12.2. The molecule has 128 valence electrons. The third kappa shape index (κ3) is 2.23. The number of hydrogen-bond acceptors (Lipinski definition) is 6. The molecule has 3 heterocycles. The smallest absolute Gasteiger partial charge is 0.311 e. The van der Waals surface area contributed by atoms with Gasteiger partial charge in [0.15, 0.2) is 0 Å². The quantitative estimate of drug-likeness (QED) is 0.906. The van der Waals surface area contributed by atoms with Crippen LogP contribution in [0.5, 0.6) is 0 Å². The molecule has 0 amide bonds. The first-order chi connectivity index (χ1) is 11.5. The van der Waals surface area contributed by atoms with Crippen molar-refractivity contribution in [2.75, 3.05) is 18.0 Å². The number of aliphatic carboxylic acids is 1. The van der Waals surface area contributed by atoms with E-state index in [4.69, 9.17) is 0 Å². The monoisotopic (exact) mass is 348 g/mol. The number of rotatable bonds is 4. The van der Waals surface area contributed by atoms with Crippen LogP contribution in [0.3, 0.4) is 0 Å². The lowest BCUT2D eigenvalue weighted by molar-refractivity contribution is -0.149. The molecule has 2 fully saturated rings. The lowest BCUT2D eigenvalue weighted by atomic mass is 9.81. The van der Waals surface area contributed by atoms with E-state index in [0.29, 0.717) is 23.2 Å². The lowest BCUT2D eigenvalue weighted by Gasteiger charge is -2.22. The zero-order valence-electron chi connectivity index (χ0n) is 13.6. The number of carboxylic acid groups (broad SMARTS) is 1. The molecule has 1 saturated carbocycles. The molecule has 4 rings (SSSR count). The van der Waals surface area contributed by atoms with Gasteiger partial charge in [-0.15, -0.1) is 5.10 Å². The zero-order valence-corrected chi connectivity index (χ0v) is 14.4. The number of fused-ring (bicyclic) bond motifs is 2. The van der Waals surface area contributed by atoms with Gasteiger partial charge in [0, 0.05) is 24.8 Å². The van der Waals surface area contributed by atoms with Gasteiger partial charge in [0.25, 0.3) is 5.56 Å². The summed E-state index contributed by atoms with van der Waals surface area (Å²) in [5, 5.41) is 14.8. The predicted octanol–water partition coefficient (Wildman–Crippen LogP) is 1.79. The summed E-state index contributed by atoms with van der Waals surface area (Å²) >= 11 is 1.37. The minimum Gasteiger partial charge on any atom is -0.481 e. The number of nitrogens with zero attached hydrogens (tertiary/aromatic N) is 4. The van der Waals surface area contributed by atoms with Gasteiger partial charge in [0.1, 0.15) is 0 Å². The van der Waals surface area contributed by atoms with Crippen molar-refractivity contribution in [2.24, 2.45) is 11.3 Å². The highest BCUT2D eigenvalue weighted by atomic mass is 32.1. The van der Waals surface area contributed by atoms with Crippen LogP contribution < -0.4 is 10.5 Å². The van der Waals surface area contributed by atoms with Gasteiger partial charge >= 0.3 is 5.97 Å². The van der Waals surface area contributed by atoms with E-state index in [-0.39, 0.29) is 11.5 Å². The molecular weight excluding hydrogens is 328 g/mol. The van der Waals surface area contributed by atoms with E-state index in [9.17, 15) is 14.7 Å². The van der Waals surface area contributed by atoms with Crippen molar-refractivity contribution in [1.82, 2.24) is 14.6 Å². The Morgan fingerprint density at radius 3 is 3.08 bits per heavy atom. The summed E-state index contributed by atoms with van der Waals surface area (Å²) in [5.41, 5.74) is -0.0276. The average Bonchev–Trinajstić information content (AvgIpc) is 3.18. The largest absolute Gasteiger partial charge is 0.481 e. The fourth-order valence-corrected chi connectivity index (χ4v) is 5.08. The van der Waals surface area contributed by atoms with Gasteiger partial charge in [0.05, 0.1) is 5.41 Å². The van der Waals surface area contributed by atoms with Gasteiger partial charge in [0.2, 0.25) is 10.1 Å².